The fourth-order valence-electron chi connectivity index (χ4n) is 2.53. The van der Waals surface area contributed by atoms with Crippen molar-refractivity contribution >= 4 is 0 Å². The van der Waals surface area contributed by atoms with E-state index in [1.165, 1.54) is 11.1 Å². The fourth-order valence-corrected chi connectivity index (χ4v) is 2.53. The molecule has 0 amide bonds. The van der Waals surface area contributed by atoms with Crippen molar-refractivity contribution in [2.45, 2.75) is 6.92 Å². The normalized spacial score (nSPS) is 12.6. The van der Waals surface area contributed by atoms with E-state index in [1.54, 1.807) is 0 Å². The molecule has 1 aromatic heterocycles. The Labute approximate surface area is 123 Å². The zero-order valence-corrected chi connectivity index (χ0v) is 11.7. The molecule has 3 aromatic rings. The standard InChI is InChI=1S/C18H14NO2/c1-13-4-6-14(7-5-13)16-3-2-10-19(16)15-8-9-17-18(11-15)21-12-20-17/h3-11H,12H2,1H3. The van der Waals surface area contributed by atoms with E-state index in [-0.39, 0.29) is 0 Å². The summed E-state index contributed by atoms with van der Waals surface area (Å²) >= 11 is 0. The van der Waals surface area contributed by atoms with Crippen LogP contribution in [0.1, 0.15) is 5.56 Å². The first-order chi connectivity index (χ1) is 10.3. The molecule has 0 N–H and O–H groups in total. The van der Waals surface area contributed by atoms with Crippen molar-refractivity contribution in [2.75, 3.05) is 6.79 Å². The third-order valence-corrected chi connectivity index (χ3v) is 3.66. The highest BCUT2D eigenvalue weighted by Gasteiger charge is 2.15. The lowest BCUT2D eigenvalue weighted by atomic mass is 10.1. The number of hydrogen-bond acceptors (Lipinski definition) is 2. The number of benzene rings is 2. The Morgan fingerprint density at radius 1 is 1.00 bits per heavy atom. The van der Waals surface area contributed by atoms with Crippen LogP contribution in [-0.4, -0.2) is 11.4 Å². The summed E-state index contributed by atoms with van der Waals surface area (Å²) in [5, 5.41) is 0. The summed E-state index contributed by atoms with van der Waals surface area (Å²) in [6.07, 6.45) is 1.94. The van der Waals surface area contributed by atoms with Gasteiger partial charge >= 0.3 is 0 Å². The predicted molar refractivity (Wildman–Crippen MR) is 80.9 cm³/mol. The molecule has 0 fully saturated rings. The third kappa shape index (κ3) is 2.07. The van der Waals surface area contributed by atoms with Crippen LogP contribution in [0, 0.1) is 13.0 Å². The van der Waals surface area contributed by atoms with Crippen LogP contribution in [0.4, 0.5) is 0 Å². The first-order valence-electron chi connectivity index (χ1n) is 6.87. The van der Waals surface area contributed by atoms with E-state index < -0.39 is 0 Å². The molecule has 4 rings (SSSR count). The topological polar surface area (TPSA) is 23.4 Å². The minimum atomic E-state index is 0.293. The second-order valence-electron chi connectivity index (χ2n) is 5.10. The van der Waals surface area contributed by atoms with E-state index in [4.69, 9.17) is 9.47 Å². The molecule has 2 heterocycles. The van der Waals surface area contributed by atoms with Gasteiger partial charge in [0.25, 0.3) is 0 Å². The maximum atomic E-state index is 5.45. The summed E-state index contributed by atoms with van der Waals surface area (Å²) in [6.45, 7) is 2.38. The van der Waals surface area contributed by atoms with Gasteiger partial charge in [0.2, 0.25) is 6.79 Å². The number of hydrogen-bond donors (Lipinski definition) is 0. The Kier molecular flexibility index (Phi) is 2.71. The van der Waals surface area contributed by atoms with Crippen LogP contribution >= 0.6 is 0 Å². The molecule has 0 aliphatic carbocycles. The molecule has 21 heavy (non-hydrogen) atoms. The van der Waals surface area contributed by atoms with Gasteiger partial charge in [0.1, 0.15) is 0 Å². The molecule has 3 nitrogen and oxygen atoms in total. The second kappa shape index (κ2) is 4.70. The number of ether oxygens (including phenoxy) is 2. The van der Waals surface area contributed by atoms with Gasteiger partial charge in [0.15, 0.2) is 11.5 Å². The van der Waals surface area contributed by atoms with Crippen LogP contribution in [0.15, 0.2) is 54.7 Å². The van der Waals surface area contributed by atoms with Gasteiger partial charge in [-0.3, -0.25) is 0 Å². The maximum Gasteiger partial charge on any atom is 0.231 e. The molecule has 0 spiro atoms. The fraction of sp³-hybridized carbons (Fsp3) is 0.111. The van der Waals surface area contributed by atoms with Gasteiger partial charge in [-0.1, -0.05) is 29.8 Å². The Balaban J connectivity index is 1.80. The van der Waals surface area contributed by atoms with Crippen LogP contribution in [0.2, 0.25) is 0 Å². The minimum Gasteiger partial charge on any atom is -0.454 e. The maximum absolute atomic E-state index is 5.45. The monoisotopic (exact) mass is 276 g/mol. The highest BCUT2D eigenvalue weighted by Crippen LogP contribution is 2.35. The van der Waals surface area contributed by atoms with Crippen molar-refractivity contribution in [2.24, 2.45) is 0 Å². The third-order valence-electron chi connectivity index (χ3n) is 3.66. The van der Waals surface area contributed by atoms with Crippen LogP contribution in [0.5, 0.6) is 11.5 Å². The molecule has 103 valence electrons. The number of rotatable bonds is 2. The smallest absolute Gasteiger partial charge is 0.231 e. The van der Waals surface area contributed by atoms with Crippen LogP contribution in [0.3, 0.4) is 0 Å². The van der Waals surface area contributed by atoms with E-state index in [1.807, 2.05) is 30.5 Å². The van der Waals surface area contributed by atoms with Gasteiger partial charge in [-0.05, 0) is 30.7 Å². The molecular weight excluding hydrogens is 262 g/mol. The second-order valence-corrected chi connectivity index (χ2v) is 5.10. The van der Waals surface area contributed by atoms with Crippen molar-refractivity contribution in [1.82, 2.24) is 4.57 Å². The lowest BCUT2D eigenvalue weighted by Gasteiger charge is -2.10. The first-order valence-corrected chi connectivity index (χ1v) is 6.87. The predicted octanol–water partition coefficient (Wildman–Crippen LogP) is 3.98. The molecule has 0 unspecified atom stereocenters. The van der Waals surface area contributed by atoms with E-state index >= 15 is 0 Å². The summed E-state index contributed by atoms with van der Waals surface area (Å²) in [5.74, 6) is 1.59. The Bertz CT molecular complexity index is 787. The zero-order chi connectivity index (χ0) is 14.2. The van der Waals surface area contributed by atoms with Crippen molar-refractivity contribution in [3.8, 4) is 28.4 Å². The Morgan fingerprint density at radius 2 is 1.81 bits per heavy atom. The molecular formula is C18H14NO2. The summed E-state index contributed by atoms with van der Waals surface area (Å²) in [4.78, 5) is 0. The number of aromatic nitrogens is 1. The van der Waals surface area contributed by atoms with Gasteiger partial charge in [0.05, 0.1) is 5.69 Å². The molecule has 1 aliphatic rings. The van der Waals surface area contributed by atoms with Crippen molar-refractivity contribution in [3.63, 3.8) is 0 Å². The average molecular weight is 276 g/mol. The molecule has 0 saturated heterocycles. The summed E-state index contributed by atoms with van der Waals surface area (Å²) < 4.78 is 12.9. The minimum absolute atomic E-state index is 0.293. The summed E-state index contributed by atoms with van der Waals surface area (Å²) in [6, 6.07) is 19.6. The lowest BCUT2D eigenvalue weighted by Crippen LogP contribution is -1.95. The average Bonchev–Trinajstić information content (AvgIpc) is 3.16. The largest absolute Gasteiger partial charge is 0.454 e. The van der Waals surface area contributed by atoms with Gasteiger partial charge in [0, 0.05) is 24.0 Å². The summed E-state index contributed by atoms with van der Waals surface area (Å²) in [7, 11) is 0. The zero-order valence-electron chi connectivity index (χ0n) is 11.7. The van der Waals surface area contributed by atoms with Gasteiger partial charge in [-0.2, -0.15) is 0 Å². The van der Waals surface area contributed by atoms with Crippen molar-refractivity contribution in [3.05, 3.63) is 66.4 Å². The molecule has 0 saturated carbocycles. The highest BCUT2D eigenvalue weighted by atomic mass is 16.7. The lowest BCUT2D eigenvalue weighted by molar-refractivity contribution is 0.174. The van der Waals surface area contributed by atoms with Crippen LogP contribution < -0.4 is 9.47 Å². The van der Waals surface area contributed by atoms with E-state index in [9.17, 15) is 0 Å². The molecule has 3 heteroatoms. The number of nitrogens with zero attached hydrogens (tertiary/aromatic N) is 1. The molecule has 0 bridgehead atoms. The van der Waals surface area contributed by atoms with E-state index in [2.05, 4.69) is 41.8 Å². The molecule has 1 radical (unpaired) electrons. The molecule has 0 atom stereocenters. The van der Waals surface area contributed by atoms with Crippen molar-refractivity contribution < 1.29 is 9.47 Å². The van der Waals surface area contributed by atoms with Crippen molar-refractivity contribution in [1.29, 1.82) is 0 Å². The molecule has 1 aliphatic heterocycles. The van der Waals surface area contributed by atoms with E-state index in [0.29, 0.717) is 6.79 Å². The first kappa shape index (κ1) is 12.1. The van der Waals surface area contributed by atoms with Gasteiger partial charge in [-0.15, -0.1) is 0 Å². The van der Waals surface area contributed by atoms with Gasteiger partial charge < -0.3 is 14.0 Å². The number of fused-ring (bicyclic) bond motifs is 1. The number of aryl methyl sites for hydroxylation is 1. The molecule has 2 aromatic carbocycles. The Hall–Kier alpha value is -2.68. The summed E-state index contributed by atoms with van der Waals surface area (Å²) in [5.41, 5.74) is 4.56. The van der Waals surface area contributed by atoms with Crippen LogP contribution in [0.25, 0.3) is 16.9 Å². The Morgan fingerprint density at radius 3 is 2.67 bits per heavy atom. The SMILES string of the molecule is Cc1ccc(-c2c[c]cn2-c2ccc3c(c2)OCO3)cc1. The quantitative estimate of drug-likeness (QED) is 0.706. The van der Waals surface area contributed by atoms with Gasteiger partial charge in [-0.25, -0.2) is 0 Å². The van der Waals surface area contributed by atoms with Crippen LogP contribution in [-0.2, 0) is 0 Å². The highest BCUT2D eigenvalue weighted by molar-refractivity contribution is 5.64. The van der Waals surface area contributed by atoms with E-state index in [0.717, 1.165) is 22.9 Å².